The van der Waals surface area contributed by atoms with Crippen LogP contribution in [-0.2, 0) is 6.42 Å². The minimum absolute atomic E-state index is 0.832. The van der Waals surface area contributed by atoms with E-state index in [1.165, 1.54) is 9.77 Å². The van der Waals surface area contributed by atoms with Gasteiger partial charge in [-0.1, -0.05) is 6.07 Å². The third-order valence-electron chi connectivity index (χ3n) is 2.30. The summed E-state index contributed by atoms with van der Waals surface area (Å²) in [7, 11) is 0. The predicted octanol–water partition coefficient (Wildman–Crippen LogP) is 3.37. The largest absolute Gasteiger partial charge is 0.399 e. The van der Waals surface area contributed by atoms with E-state index in [0.717, 1.165) is 23.6 Å². The monoisotopic (exact) mass is 250 g/mol. The quantitative estimate of drug-likeness (QED) is 0.668. The number of anilines is 1. The Kier molecular flexibility index (Phi) is 3.85. The maximum Gasteiger partial charge on any atom is 0.0797 e. The number of aryl methyl sites for hydroxylation is 2. The average Bonchev–Trinajstić information content (AvgIpc) is 2.65. The van der Waals surface area contributed by atoms with E-state index < -0.39 is 0 Å². The standard InChI is InChI=1S/C12H14N2S2/c1-9-12(16-8-14-9)5-6-15-11-4-2-3-10(13)7-11/h2-4,7-8H,5-6,13H2,1H3. The van der Waals surface area contributed by atoms with E-state index in [1.807, 2.05) is 35.5 Å². The number of thiazole rings is 1. The van der Waals surface area contributed by atoms with Crippen molar-refractivity contribution in [2.45, 2.75) is 18.2 Å². The molecule has 0 bridgehead atoms. The summed E-state index contributed by atoms with van der Waals surface area (Å²) in [4.78, 5) is 6.87. The third kappa shape index (κ3) is 3.00. The molecular weight excluding hydrogens is 236 g/mol. The summed E-state index contributed by atoms with van der Waals surface area (Å²) in [6, 6.07) is 8.03. The summed E-state index contributed by atoms with van der Waals surface area (Å²) < 4.78 is 0. The molecule has 0 radical (unpaired) electrons. The number of aromatic nitrogens is 1. The summed E-state index contributed by atoms with van der Waals surface area (Å²) in [5, 5.41) is 0. The molecule has 4 heteroatoms. The molecule has 16 heavy (non-hydrogen) atoms. The molecule has 2 N–H and O–H groups in total. The van der Waals surface area contributed by atoms with E-state index in [1.54, 1.807) is 11.3 Å². The Bertz CT molecular complexity index is 466. The Morgan fingerprint density at radius 1 is 1.44 bits per heavy atom. The van der Waals surface area contributed by atoms with Gasteiger partial charge in [-0.05, 0) is 31.5 Å². The van der Waals surface area contributed by atoms with Gasteiger partial charge in [-0.25, -0.2) is 4.98 Å². The molecule has 2 aromatic rings. The van der Waals surface area contributed by atoms with E-state index in [-0.39, 0.29) is 0 Å². The van der Waals surface area contributed by atoms with Crippen LogP contribution >= 0.6 is 23.1 Å². The topological polar surface area (TPSA) is 38.9 Å². The highest BCUT2D eigenvalue weighted by molar-refractivity contribution is 7.99. The lowest BCUT2D eigenvalue weighted by atomic mass is 10.3. The van der Waals surface area contributed by atoms with Gasteiger partial charge in [-0.2, -0.15) is 0 Å². The maximum atomic E-state index is 5.73. The van der Waals surface area contributed by atoms with Gasteiger partial charge in [0.25, 0.3) is 0 Å². The predicted molar refractivity (Wildman–Crippen MR) is 72.1 cm³/mol. The van der Waals surface area contributed by atoms with Gasteiger partial charge in [0, 0.05) is 21.2 Å². The Morgan fingerprint density at radius 2 is 2.31 bits per heavy atom. The number of benzene rings is 1. The Morgan fingerprint density at radius 3 is 3.00 bits per heavy atom. The van der Waals surface area contributed by atoms with Crippen LogP contribution in [-0.4, -0.2) is 10.7 Å². The van der Waals surface area contributed by atoms with Crippen LogP contribution in [0.25, 0.3) is 0 Å². The molecule has 0 spiro atoms. The summed E-state index contributed by atoms with van der Waals surface area (Å²) in [6.45, 7) is 2.07. The second-order valence-corrected chi connectivity index (χ2v) is 5.64. The summed E-state index contributed by atoms with van der Waals surface area (Å²) in [5.74, 6) is 1.08. The number of hydrogen-bond donors (Lipinski definition) is 1. The first kappa shape index (κ1) is 11.5. The molecule has 0 unspecified atom stereocenters. The van der Waals surface area contributed by atoms with E-state index in [4.69, 9.17) is 5.73 Å². The van der Waals surface area contributed by atoms with E-state index in [0.29, 0.717) is 0 Å². The van der Waals surface area contributed by atoms with Crippen molar-refractivity contribution < 1.29 is 0 Å². The van der Waals surface area contributed by atoms with Crippen molar-refractivity contribution in [3.63, 3.8) is 0 Å². The number of rotatable bonds is 4. The highest BCUT2D eigenvalue weighted by Gasteiger charge is 2.01. The second kappa shape index (κ2) is 5.37. The molecular formula is C12H14N2S2. The van der Waals surface area contributed by atoms with Crippen molar-refractivity contribution >= 4 is 28.8 Å². The fourth-order valence-electron chi connectivity index (χ4n) is 1.43. The minimum atomic E-state index is 0.832. The van der Waals surface area contributed by atoms with E-state index >= 15 is 0 Å². The van der Waals surface area contributed by atoms with Crippen molar-refractivity contribution in [2.24, 2.45) is 0 Å². The summed E-state index contributed by atoms with van der Waals surface area (Å²) in [6.07, 6.45) is 1.08. The normalized spacial score (nSPS) is 10.6. The number of thioether (sulfide) groups is 1. The smallest absolute Gasteiger partial charge is 0.0797 e. The molecule has 0 atom stereocenters. The zero-order chi connectivity index (χ0) is 11.4. The van der Waals surface area contributed by atoms with Crippen LogP contribution < -0.4 is 5.73 Å². The molecule has 0 aliphatic carbocycles. The van der Waals surface area contributed by atoms with Crippen LogP contribution in [0.4, 0.5) is 5.69 Å². The number of nitrogen functional groups attached to an aromatic ring is 1. The summed E-state index contributed by atoms with van der Waals surface area (Å²) in [5.41, 5.74) is 9.64. The van der Waals surface area contributed by atoms with Gasteiger partial charge < -0.3 is 5.73 Å². The highest BCUT2D eigenvalue weighted by Crippen LogP contribution is 2.22. The van der Waals surface area contributed by atoms with Gasteiger partial charge in [0.1, 0.15) is 0 Å². The molecule has 0 fully saturated rings. The number of nitrogens with zero attached hydrogens (tertiary/aromatic N) is 1. The fraction of sp³-hybridized carbons (Fsp3) is 0.250. The van der Waals surface area contributed by atoms with Gasteiger partial charge in [0.05, 0.1) is 11.2 Å². The van der Waals surface area contributed by atoms with Gasteiger partial charge in [-0.3, -0.25) is 0 Å². The van der Waals surface area contributed by atoms with E-state index in [2.05, 4.69) is 18.0 Å². The molecule has 1 heterocycles. The SMILES string of the molecule is Cc1ncsc1CCSc1cccc(N)c1. The molecule has 2 rings (SSSR count). The molecule has 1 aromatic carbocycles. The highest BCUT2D eigenvalue weighted by atomic mass is 32.2. The summed E-state index contributed by atoms with van der Waals surface area (Å²) >= 11 is 3.58. The van der Waals surface area contributed by atoms with Gasteiger partial charge in [0.2, 0.25) is 0 Å². The lowest BCUT2D eigenvalue weighted by molar-refractivity contribution is 1.12. The van der Waals surface area contributed by atoms with Crippen LogP contribution in [0, 0.1) is 6.92 Å². The van der Waals surface area contributed by atoms with E-state index in [9.17, 15) is 0 Å². The molecule has 0 amide bonds. The zero-order valence-corrected chi connectivity index (χ0v) is 10.8. The lowest BCUT2D eigenvalue weighted by Gasteiger charge is -2.02. The molecule has 0 aliphatic rings. The van der Waals surface area contributed by atoms with Gasteiger partial charge in [0.15, 0.2) is 0 Å². The molecule has 0 saturated heterocycles. The lowest BCUT2D eigenvalue weighted by Crippen LogP contribution is -1.89. The van der Waals surface area contributed by atoms with Crippen LogP contribution in [0.2, 0.25) is 0 Å². The van der Waals surface area contributed by atoms with Crippen LogP contribution in [0.15, 0.2) is 34.7 Å². The van der Waals surface area contributed by atoms with Crippen LogP contribution in [0.1, 0.15) is 10.6 Å². The van der Waals surface area contributed by atoms with Gasteiger partial charge >= 0.3 is 0 Å². The molecule has 84 valence electrons. The van der Waals surface area contributed by atoms with Crippen molar-refractivity contribution in [2.75, 3.05) is 11.5 Å². The molecule has 2 nitrogen and oxygen atoms in total. The fourth-order valence-corrected chi connectivity index (χ4v) is 3.28. The van der Waals surface area contributed by atoms with Crippen molar-refractivity contribution in [3.8, 4) is 0 Å². The number of hydrogen-bond acceptors (Lipinski definition) is 4. The van der Waals surface area contributed by atoms with Crippen molar-refractivity contribution in [1.82, 2.24) is 4.98 Å². The first-order chi connectivity index (χ1) is 7.75. The first-order valence-electron chi connectivity index (χ1n) is 5.13. The van der Waals surface area contributed by atoms with Crippen LogP contribution in [0.3, 0.4) is 0 Å². The molecule has 1 aromatic heterocycles. The second-order valence-electron chi connectivity index (χ2n) is 3.53. The Hall–Kier alpha value is -1.00. The van der Waals surface area contributed by atoms with Gasteiger partial charge in [-0.15, -0.1) is 23.1 Å². The van der Waals surface area contributed by atoms with Crippen molar-refractivity contribution in [1.29, 1.82) is 0 Å². The Balaban J connectivity index is 1.87. The zero-order valence-electron chi connectivity index (χ0n) is 9.14. The first-order valence-corrected chi connectivity index (χ1v) is 6.99. The average molecular weight is 250 g/mol. The molecule has 0 aliphatic heterocycles. The maximum absolute atomic E-state index is 5.73. The third-order valence-corrected chi connectivity index (χ3v) is 4.29. The number of nitrogens with two attached hydrogens (primary N) is 1. The minimum Gasteiger partial charge on any atom is -0.399 e. The Labute approximate surface area is 104 Å². The van der Waals surface area contributed by atoms with Crippen molar-refractivity contribution in [3.05, 3.63) is 40.3 Å². The van der Waals surface area contributed by atoms with Crippen LogP contribution in [0.5, 0.6) is 0 Å². The molecule has 0 saturated carbocycles.